The van der Waals surface area contributed by atoms with Gasteiger partial charge in [0.1, 0.15) is 5.54 Å². The summed E-state index contributed by atoms with van der Waals surface area (Å²) in [4.78, 5) is 19.0. The highest BCUT2D eigenvalue weighted by atomic mass is 16.2. The van der Waals surface area contributed by atoms with Crippen LogP contribution in [0.1, 0.15) is 42.6 Å². The summed E-state index contributed by atoms with van der Waals surface area (Å²) in [6.45, 7) is 9.87. The van der Waals surface area contributed by atoms with Gasteiger partial charge in [0, 0.05) is 48.1 Å². The maximum absolute atomic E-state index is 12.7. The molecule has 1 saturated heterocycles. The zero-order chi connectivity index (χ0) is 20.9. The maximum atomic E-state index is 12.7. The number of fused-ring (bicyclic) bond motifs is 2. The Kier molecular flexibility index (Phi) is 4.07. The SMILES string of the molecule is C=Cc1cc(-c2cc3n(n2)CCC32CCN(C(=O)NC3(C#N)CC3)C2)cnc1C=C. The highest BCUT2D eigenvalue weighted by molar-refractivity contribution is 5.77. The van der Waals surface area contributed by atoms with Crippen LogP contribution >= 0.6 is 0 Å². The number of nitrogens with zero attached hydrogens (tertiary/aromatic N) is 5. The van der Waals surface area contributed by atoms with Gasteiger partial charge in [-0.3, -0.25) is 9.67 Å². The van der Waals surface area contributed by atoms with E-state index in [2.05, 4.69) is 40.3 Å². The Labute approximate surface area is 175 Å². The van der Waals surface area contributed by atoms with Crippen molar-refractivity contribution in [3.8, 4) is 17.3 Å². The predicted octanol–water partition coefficient (Wildman–Crippen LogP) is 3.34. The van der Waals surface area contributed by atoms with Crippen LogP contribution < -0.4 is 5.32 Å². The van der Waals surface area contributed by atoms with Crippen molar-refractivity contribution in [3.63, 3.8) is 0 Å². The number of likely N-dealkylation sites (tertiary alicyclic amines) is 1. The summed E-state index contributed by atoms with van der Waals surface area (Å²) in [5.41, 5.74) is 4.06. The number of hydrogen-bond acceptors (Lipinski definition) is 4. The first-order valence-electron chi connectivity index (χ1n) is 10.3. The van der Waals surface area contributed by atoms with Crippen LogP contribution in [0.3, 0.4) is 0 Å². The normalized spacial score (nSPS) is 23.1. The van der Waals surface area contributed by atoms with Gasteiger partial charge in [0.25, 0.3) is 0 Å². The van der Waals surface area contributed by atoms with E-state index in [9.17, 15) is 10.1 Å². The van der Waals surface area contributed by atoms with Gasteiger partial charge in [0.15, 0.2) is 0 Å². The topological polar surface area (TPSA) is 86.8 Å². The van der Waals surface area contributed by atoms with E-state index in [1.807, 2.05) is 17.2 Å². The third-order valence-corrected chi connectivity index (χ3v) is 6.74. The van der Waals surface area contributed by atoms with Crippen LogP contribution in [0.15, 0.2) is 31.5 Å². The first-order valence-corrected chi connectivity index (χ1v) is 10.3. The molecule has 0 aromatic carbocycles. The lowest BCUT2D eigenvalue weighted by Crippen LogP contribution is -2.45. The van der Waals surface area contributed by atoms with Crippen molar-refractivity contribution in [3.05, 3.63) is 48.4 Å². The molecule has 30 heavy (non-hydrogen) atoms. The summed E-state index contributed by atoms with van der Waals surface area (Å²) in [6.07, 6.45) is 8.70. The molecule has 152 valence electrons. The molecule has 4 heterocycles. The number of nitriles is 1. The van der Waals surface area contributed by atoms with Crippen LogP contribution in [0.2, 0.25) is 0 Å². The third-order valence-electron chi connectivity index (χ3n) is 6.74. The molecule has 2 aromatic rings. The first-order chi connectivity index (χ1) is 14.5. The van der Waals surface area contributed by atoms with Crippen molar-refractivity contribution in [2.24, 2.45) is 0 Å². The van der Waals surface area contributed by atoms with Crippen molar-refractivity contribution in [1.29, 1.82) is 5.26 Å². The Hall–Kier alpha value is -3.40. The summed E-state index contributed by atoms with van der Waals surface area (Å²) in [7, 11) is 0. The molecule has 5 rings (SSSR count). The lowest BCUT2D eigenvalue weighted by Gasteiger charge is -2.24. The maximum Gasteiger partial charge on any atom is 0.318 e. The Morgan fingerprint density at radius 1 is 1.20 bits per heavy atom. The molecule has 3 aliphatic rings. The first kappa shape index (κ1) is 18.6. The molecule has 0 bridgehead atoms. The van der Waals surface area contributed by atoms with Crippen molar-refractivity contribution in [2.75, 3.05) is 13.1 Å². The average Bonchev–Trinajstić information content (AvgIpc) is 3.10. The standard InChI is InChI=1S/C23H24N6O/c1-3-16-11-17(13-25-18(16)4-2)19-12-20-22(8-10-29(20)27-19)7-9-28(15-22)21(30)26-23(14-24)5-6-23/h3-4,11-13H,1-2,5-10,15H2,(H,26,30). The van der Waals surface area contributed by atoms with Crippen LogP contribution in [0, 0.1) is 11.3 Å². The summed E-state index contributed by atoms with van der Waals surface area (Å²) in [5, 5.41) is 17.0. The van der Waals surface area contributed by atoms with E-state index in [1.54, 1.807) is 12.2 Å². The lowest BCUT2D eigenvalue weighted by atomic mass is 9.82. The second kappa shape index (κ2) is 6.56. The van der Waals surface area contributed by atoms with E-state index in [0.717, 1.165) is 54.7 Å². The molecule has 2 aliphatic heterocycles. The molecule has 2 fully saturated rings. The number of carbonyl (C=O) groups excluding carboxylic acids is 1. The number of aryl methyl sites for hydroxylation is 1. The van der Waals surface area contributed by atoms with Crippen LogP contribution in [0.4, 0.5) is 4.79 Å². The van der Waals surface area contributed by atoms with Gasteiger partial charge in [0.05, 0.1) is 17.5 Å². The molecule has 7 heteroatoms. The van der Waals surface area contributed by atoms with Crippen molar-refractivity contribution in [1.82, 2.24) is 25.0 Å². The van der Waals surface area contributed by atoms with Crippen molar-refractivity contribution >= 4 is 18.2 Å². The van der Waals surface area contributed by atoms with Crippen LogP contribution in [-0.4, -0.2) is 44.3 Å². The molecular weight excluding hydrogens is 376 g/mol. The monoisotopic (exact) mass is 400 g/mol. The van der Waals surface area contributed by atoms with Crippen LogP contribution in [0.5, 0.6) is 0 Å². The smallest absolute Gasteiger partial charge is 0.318 e. The summed E-state index contributed by atoms with van der Waals surface area (Å²) < 4.78 is 2.07. The number of aromatic nitrogens is 3. The van der Waals surface area contributed by atoms with Gasteiger partial charge in [-0.2, -0.15) is 10.4 Å². The van der Waals surface area contributed by atoms with E-state index in [1.165, 1.54) is 5.69 Å². The number of urea groups is 1. The predicted molar refractivity (Wildman–Crippen MR) is 114 cm³/mol. The van der Waals surface area contributed by atoms with Crippen LogP contribution in [0.25, 0.3) is 23.4 Å². The van der Waals surface area contributed by atoms with E-state index in [0.29, 0.717) is 13.1 Å². The minimum Gasteiger partial charge on any atom is -0.324 e. The van der Waals surface area contributed by atoms with Gasteiger partial charge < -0.3 is 10.2 Å². The van der Waals surface area contributed by atoms with Gasteiger partial charge in [0.2, 0.25) is 0 Å². The Morgan fingerprint density at radius 3 is 2.70 bits per heavy atom. The van der Waals surface area contributed by atoms with E-state index >= 15 is 0 Å². The fourth-order valence-electron chi connectivity index (χ4n) is 4.70. The van der Waals surface area contributed by atoms with Gasteiger partial charge in [-0.15, -0.1) is 0 Å². The van der Waals surface area contributed by atoms with E-state index < -0.39 is 5.54 Å². The van der Waals surface area contributed by atoms with Gasteiger partial charge in [-0.25, -0.2) is 4.79 Å². The second-order valence-electron chi connectivity index (χ2n) is 8.57. The molecule has 1 spiro atoms. The zero-order valence-corrected chi connectivity index (χ0v) is 16.9. The van der Waals surface area contributed by atoms with Crippen molar-refractivity contribution < 1.29 is 4.79 Å². The minimum absolute atomic E-state index is 0.0678. The molecule has 1 atom stereocenters. The van der Waals surface area contributed by atoms with E-state index in [4.69, 9.17) is 5.10 Å². The van der Waals surface area contributed by atoms with Gasteiger partial charge in [-0.1, -0.05) is 19.2 Å². The minimum atomic E-state index is -0.634. The fourth-order valence-corrected chi connectivity index (χ4v) is 4.70. The summed E-state index contributed by atoms with van der Waals surface area (Å²) >= 11 is 0. The highest BCUT2D eigenvalue weighted by Crippen LogP contribution is 2.44. The number of hydrogen-bond donors (Lipinski definition) is 1. The largest absolute Gasteiger partial charge is 0.324 e. The molecule has 1 unspecified atom stereocenters. The summed E-state index contributed by atoms with van der Waals surface area (Å²) in [5.74, 6) is 0. The van der Waals surface area contributed by atoms with E-state index in [-0.39, 0.29) is 11.4 Å². The highest BCUT2D eigenvalue weighted by Gasteiger charge is 2.50. The molecular formula is C23H24N6O. The number of rotatable bonds is 4. The zero-order valence-electron chi connectivity index (χ0n) is 16.9. The fraction of sp³-hybridized carbons (Fsp3) is 0.391. The molecule has 7 nitrogen and oxygen atoms in total. The number of nitrogens with one attached hydrogen (secondary N) is 1. The Bertz CT molecular complexity index is 1110. The van der Waals surface area contributed by atoms with Crippen LogP contribution in [-0.2, 0) is 12.0 Å². The second-order valence-corrected chi connectivity index (χ2v) is 8.57. The average molecular weight is 400 g/mol. The molecule has 2 aromatic heterocycles. The molecule has 1 aliphatic carbocycles. The van der Waals surface area contributed by atoms with Gasteiger partial charge in [-0.05, 0) is 43.9 Å². The lowest BCUT2D eigenvalue weighted by molar-refractivity contribution is 0.202. The number of carbonyl (C=O) groups is 1. The van der Waals surface area contributed by atoms with Gasteiger partial charge >= 0.3 is 6.03 Å². The number of pyridine rings is 1. The molecule has 1 saturated carbocycles. The van der Waals surface area contributed by atoms with Crippen molar-refractivity contribution in [2.45, 2.75) is 43.2 Å². The number of amides is 2. The molecule has 1 N–H and O–H groups in total. The summed E-state index contributed by atoms with van der Waals surface area (Å²) in [6, 6.07) is 6.29. The Morgan fingerprint density at radius 2 is 2.00 bits per heavy atom. The third kappa shape index (κ3) is 2.83. The molecule has 0 radical (unpaired) electrons. The Balaban J connectivity index is 1.39. The molecule has 2 amide bonds. The quantitative estimate of drug-likeness (QED) is 0.853.